The summed E-state index contributed by atoms with van der Waals surface area (Å²) in [5.41, 5.74) is 1.70. The third-order valence-corrected chi connectivity index (χ3v) is 4.40. The summed E-state index contributed by atoms with van der Waals surface area (Å²) in [5.74, 6) is 0.401. The van der Waals surface area contributed by atoms with E-state index in [2.05, 4.69) is 15.2 Å². The van der Waals surface area contributed by atoms with E-state index in [9.17, 15) is 4.79 Å². The number of hydrogen-bond acceptors (Lipinski definition) is 4. The van der Waals surface area contributed by atoms with Crippen molar-refractivity contribution < 1.29 is 9.53 Å². The maximum absolute atomic E-state index is 12.6. The normalized spacial score (nSPS) is 14.5. The summed E-state index contributed by atoms with van der Waals surface area (Å²) in [7, 11) is 0. The molecule has 3 aromatic rings. The van der Waals surface area contributed by atoms with E-state index in [4.69, 9.17) is 4.74 Å². The lowest BCUT2D eigenvalue weighted by Gasteiger charge is -2.28. The molecule has 1 N–H and O–H groups in total. The second-order valence-electron chi connectivity index (χ2n) is 5.98. The van der Waals surface area contributed by atoms with Crippen LogP contribution in [0.5, 0.6) is 0 Å². The van der Waals surface area contributed by atoms with Crippen LogP contribution < -0.4 is 10.2 Å². The highest BCUT2D eigenvalue weighted by atomic mass is 16.5. The van der Waals surface area contributed by atoms with Gasteiger partial charge >= 0.3 is 0 Å². The van der Waals surface area contributed by atoms with Crippen molar-refractivity contribution in [3.63, 3.8) is 0 Å². The molecule has 1 amide bonds. The summed E-state index contributed by atoms with van der Waals surface area (Å²) < 4.78 is 5.36. The van der Waals surface area contributed by atoms with Gasteiger partial charge in [-0.3, -0.25) is 4.79 Å². The fourth-order valence-electron chi connectivity index (χ4n) is 3.08. The zero-order valence-electron chi connectivity index (χ0n) is 13.8. The molecule has 1 fully saturated rings. The molecule has 2 heterocycles. The number of aromatic nitrogens is 1. The molecule has 1 aromatic heterocycles. The Morgan fingerprint density at radius 3 is 2.60 bits per heavy atom. The SMILES string of the molecule is O=C(Nc1ccc(N2CCOCC2)cn1)c1cccc2ccccc12. The number of amides is 1. The standard InChI is InChI=1S/C20H19N3O2/c24-20(18-7-3-5-15-4-1-2-6-17(15)18)22-19-9-8-16(14-21-19)23-10-12-25-13-11-23/h1-9,14H,10-13H2,(H,21,22,24). The van der Waals surface area contributed by atoms with Crippen LogP contribution in [0.25, 0.3) is 10.8 Å². The number of anilines is 2. The molecule has 4 rings (SSSR count). The van der Waals surface area contributed by atoms with E-state index in [0.29, 0.717) is 11.4 Å². The molecule has 0 radical (unpaired) electrons. The van der Waals surface area contributed by atoms with Crippen molar-refractivity contribution in [2.75, 3.05) is 36.5 Å². The lowest BCUT2D eigenvalue weighted by Crippen LogP contribution is -2.36. The Labute approximate surface area is 146 Å². The summed E-state index contributed by atoms with van der Waals surface area (Å²) in [6.45, 7) is 3.20. The molecule has 1 aliphatic heterocycles. The van der Waals surface area contributed by atoms with Gasteiger partial charge < -0.3 is 15.0 Å². The highest BCUT2D eigenvalue weighted by molar-refractivity contribution is 6.12. The van der Waals surface area contributed by atoms with Crippen molar-refractivity contribution in [3.8, 4) is 0 Å². The van der Waals surface area contributed by atoms with Crippen molar-refractivity contribution >= 4 is 28.2 Å². The van der Waals surface area contributed by atoms with E-state index < -0.39 is 0 Å². The molecular formula is C20H19N3O2. The van der Waals surface area contributed by atoms with E-state index in [1.165, 1.54) is 0 Å². The van der Waals surface area contributed by atoms with Crippen LogP contribution in [0.2, 0.25) is 0 Å². The van der Waals surface area contributed by atoms with Crippen LogP contribution in [-0.4, -0.2) is 37.2 Å². The maximum Gasteiger partial charge on any atom is 0.257 e. The monoisotopic (exact) mass is 333 g/mol. The number of carbonyl (C=O) groups is 1. The smallest absolute Gasteiger partial charge is 0.257 e. The minimum Gasteiger partial charge on any atom is -0.378 e. The fourth-order valence-corrected chi connectivity index (χ4v) is 3.08. The molecule has 25 heavy (non-hydrogen) atoms. The number of carbonyl (C=O) groups excluding carboxylic acids is 1. The Bertz CT molecular complexity index is 882. The van der Waals surface area contributed by atoms with E-state index >= 15 is 0 Å². The number of hydrogen-bond donors (Lipinski definition) is 1. The molecule has 0 spiro atoms. The van der Waals surface area contributed by atoms with Gasteiger partial charge in [0.2, 0.25) is 0 Å². The van der Waals surface area contributed by atoms with Gasteiger partial charge in [-0.2, -0.15) is 0 Å². The first-order valence-corrected chi connectivity index (χ1v) is 8.39. The molecule has 0 unspecified atom stereocenters. The van der Waals surface area contributed by atoms with Crippen molar-refractivity contribution in [1.29, 1.82) is 0 Å². The number of ether oxygens (including phenoxy) is 1. The average molecular weight is 333 g/mol. The Morgan fingerprint density at radius 2 is 1.80 bits per heavy atom. The van der Waals surface area contributed by atoms with E-state index in [1.54, 1.807) is 6.20 Å². The molecule has 5 heteroatoms. The predicted octanol–water partition coefficient (Wildman–Crippen LogP) is 3.32. The average Bonchev–Trinajstić information content (AvgIpc) is 2.69. The van der Waals surface area contributed by atoms with Crippen molar-refractivity contribution in [2.45, 2.75) is 0 Å². The third kappa shape index (κ3) is 3.32. The summed E-state index contributed by atoms with van der Waals surface area (Å²) in [4.78, 5) is 19.3. The second kappa shape index (κ2) is 6.91. The first-order chi connectivity index (χ1) is 12.3. The molecule has 126 valence electrons. The van der Waals surface area contributed by atoms with Crippen LogP contribution in [0.1, 0.15) is 10.4 Å². The van der Waals surface area contributed by atoms with Crippen LogP contribution >= 0.6 is 0 Å². The Kier molecular flexibility index (Phi) is 4.31. The number of fused-ring (bicyclic) bond motifs is 1. The molecule has 5 nitrogen and oxygen atoms in total. The zero-order valence-corrected chi connectivity index (χ0v) is 13.8. The lowest BCUT2D eigenvalue weighted by molar-refractivity contribution is 0.102. The van der Waals surface area contributed by atoms with Crippen molar-refractivity contribution in [3.05, 3.63) is 66.4 Å². The Morgan fingerprint density at radius 1 is 1.00 bits per heavy atom. The molecule has 2 aromatic carbocycles. The Hall–Kier alpha value is -2.92. The van der Waals surface area contributed by atoms with Crippen LogP contribution in [-0.2, 0) is 4.74 Å². The third-order valence-electron chi connectivity index (χ3n) is 4.40. The van der Waals surface area contributed by atoms with Crippen LogP contribution in [0.15, 0.2) is 60.8 Å². The fraction of sp³-hybridized carbons (Fsp3) is 0.200. The van der Waals surface area contributed by atoms with E-state index in [0.717, 1.165) is 42.8 Å². The van der Waals surface area contributed by atoms with Gasteiger partial charge in [0.1, 0.15) is 5.82 Å². The molecular weight excluding hydrogens is 314 g/mol. The van der Waals surface area contributed by atoms with Gasteiger partial charge in [-0.05, 0) is 29.0 Å². The van der Waals surface area contributed by atoms with E-state index in [1.807, 2.05) is 54.6 Å². The number of pyridine rings is 1. The van der Waals surface area contributed by atoms with Gasteiger partial charge in [0.05, 0.1) is 25.1 Å². The van der Waals surface area contributed by atoms with Crippen LogP contribution in [0, 0.1) is 0 Å². The molecule has 0 atom stereocenters. The van der Waals surface area contributed by atoms with Crippen molar-refractivity contribution in [1.82, 2.24) is 4.98 Å². The van der Waals surface area contributed by atoms with Gasteiger partial charge in [-0.25, -0.2) is 4.98 Å². The zero-order chi connectivity index (χ0) is 17.1. The quantitative estimate of drug-likeness (QED) is 0.799. The summed E-state index contributed by atoms with van der Waals surface area (Å²) >= 11 is 0. The second-order valence-corrected chi connectivity index (χ2v) is 5.98. The minimum absolute atomic E-state index is 0.150. The van der Waals surface area contributed by atoms with E-state index in [-0.39, 0.29) is 5.91 Å². The maximum atomic E-state index is 12.6. The number of benzene rings is 2. The number of rotatable bonds is 3. The highest BCUT2D eigenvalue weighted by Crippen LogP contribution is 2.20. The lowest BCUT2D eigenvalue weighted by atomic mass is 10.0. The number of nitrogens with one attached hydrogen (secondary N) is 1. The summed E-state index contributed by atoms with van der Waals surface area (Å²) in [6, 6.07) is 17.4. The van der Waals surface area contributed by atoms with Crippen LogP contribution in [0.4, 0.5) is 11.5 Å². The largest absolute Gasteiger partial charge is 0.378 e. The van der Waals surface area contributed by atoms with Crippen LogP contribution in [0.3, 0.4) is 0 Å². The van der Waals surface area contributed by atoms with Crippen molar-refractivity contribution in [2.24, 2.45) is 0 Å². The van der Waals surface area contributed by atoms with Gasteiger partial charge in [-0.15, -0.1) is 0 Å². The number of nitrogens with zero attached hydrogens (tertiary/aromatic N) is 2. The summed E-state index contributed by atoms with van der Waals surface area (Å²) in [6.07, 6.45) is 1.80. The van der Waals surface area contributed by atoms with Gasteiger partial charge in [0, 0.05) is 18.7 Å². The highest BCUT2D eigenvalue weighted by Gasteiger charge is 2.13. The first-order valence-electron chi connectivity index (χ1n) is 8.39. The minimum atomic E-state index is -0.150. The number of morpholine rings is 1. The topological polar surface area (TPSA) is 54.5 Å². The molecule has 0 saturated carbocycles. The summed E-state index contributed by atoms with van der Waals surface area (Å²) in [5, 5.41) is 4.87. The molecule has 0 aliphatic carbocycles. The molecule has 1 aliphatic rings. The van der Waals surface area contributed by atoms with Gasteiger partial charge in [-0.1, -0.05) is 36.4 Å². The molecule has 1 saturated heterocycles. The predicted molar refractivity (Wildman–Crippen MR) is 99.2 cm³/mol. The molecule has 0 bridgehead atoms. The first kappa shape index (κ1) is 15.6. The Balaban J connectivity index is 1.52. The van der Waals surface area contributed by atoms with Gasteiger partial charge in [0.25, 0.3) is 5.91 Å². The van der Waals surface area contributed by atoms with Gasteiger partial charge in [0.15, 0.2) is 0 Å².